The smallest absolute Gasteiger partial charge is 0.328 e. The summed E-state index contributed by atoms with van der Waals surface area (Å²) < 4.78 is 5.79. The summed E-state index contributed by atoms with van der Waals surface area (Å²) in [5.41, 5.74) is 2.20. The van der Waals surface area contributed by atoms with Crippen molar-refractivity contribution in [1.82, 2.24) is 5.32 Å². The van der Waals surface area contributed by atoms with Crippen molar-refractivity contribution in [2.24, 2.45) is 0 Å². The fourth-order valence-electron chi connectivity index (χ4n) is 2.65. The molecule has 1 heterocycles. The maximum Gasteiger partial charge on any atom is 0.328 e. The maximum atomic E-state index is 12.3. The molecule has 0 spiro atoms. The van der Waals surface area contributed by atoms with E-state index in [1.54, 1.807) is 30.3 Å². The van der Waals surface area contributed by atoms with Crippen LogP contribution in [0.25, 0.3) is 6.08 Å². The van der Waals surface area contributed by atoms with Crippen LogP contribution in [0.5, 0.6) is 0 Å². The van der Waals surface area contributed by atoms with Gasteiger partial charge in [0.05, 0.1) is 13.2 Å². The van der Waals surface area contributed by atoms with Gasteiger partial charge in [-0.3, -0.25) is 9.59 Å². The molecule has 1 aliphatic heterocycles. The number of nitrogens with one attached hydrogen (secondary N) is 2. The number of esters is 1. The number of hydrogen-bond donors (Lipinski definition) is 2. The highest BCUT2D eigenvalue weighted by Gasteiger charge is 2.27. The molecule has 6 nitrogen and oxygen atoms in total. The van der Waals surface area contributed by atoms with E-state index in [1.165, 1.54) is 6.08 Å². The zero-order valence-corrected chi connectivity index (χ0v) is 16.6. The highest BCUT2D eigenvalue weighted by Crippen LogP contribution is 2.14. The minimum atomic E-state index is -0.563. The van der Waals surface area contributed by atoms with Gasteiger partial charge in [0, 0.05) is 22.1 Å². The first kappa shape index (κ1) is 19.8. The molecule has 2 aromatic carbocycles. The van der Waals surface area contributed by atoms with Crippen molar-refractivity contribution in [2.45, 2.75) is 12.5 Å². The number of amides is 1. The van der Waals surface area contributed by atoms with Gasteiger partial charge in [-0.25, -0.2) is 4.79 Å². The van der Waals surface area contributed by atoms with Crippen molar-refractivity contribution in [2.75, 3.05) is 18.5 Å². The average Bonchev–Trinajstić information content (AvgIpc) is 3.10. The molecule has 0 bridgehead atoms. The summed E-state index contributed by atoms with van der Waals surface area (Å²) >= 11 is 3.37. The standard InChI is InChI=1S/C21H19BrN2O4/c22-16-6-1-14(2-7-16)3-10-19(25)15-4-8-17(9-5-15)23-13-20(26)24-18-11-12-28-21(18)27/h1-10,18,23H,11-13H2,(H,24,26)/b10-3+/t18-/m0/s1. The van der Waals surface area contributed by atoms with E-state index in [1.807, 2.05) is 24.3 Å². The Hall–Kier alpha value is -2.93. The van der Waals surface area contributed by atoms with Crippen molar-refractivity contribution in [3.63, 3.8) is 0 Å². The molecule has 2 aromatic rings. The second-order valence-corrected chi connectivity index (χ2v) is 7.17. The van der Waals surface area contributed by atoms with Crippen molar-refractivity contribution >= 4 is 45.4 Å². The average molecular weight is 443 g/mol. The van der Waals surface area contributed by atoms with Crippen LogP contribution in [0.1, 0.15) is 22.3 Å². The zero-order chi connectivity index (χ0) is 19.9. The Morgan fingerprint density at radius 3 is 2.46 bits per heavy atom. The van der Waals surface area contributed by atoms with E-state index < -0.39 is 12.0 Å². The molecule has 3 rings (SSSR count). The predicted octanol–water partition coefficient (Wildman–Crippen LogP) is 3.19. The SMILES string of the molecule is O=C(CNc1ccc(C(=O)/C=C/c2ccc(Br)cc2)cc1)N[C@H]1CCOC1=O. The fraction of sp³-hybridized carbons (Fsp3) is 0.190. The molecule has 1 saturated heterocycles. The molecule has 7 heteroatoms. The zero-order valence-electron chi connectivity index (χ0n) is 15.0. The Morgan fingerprint density at radius 2 is 1.82 bits per heavy atom. The summed E-state index contributed by atoms with van der Waals surface area (Å²) in [5, 5.41) is 5.59. The Balaban J connectivity index is 1.50. The van der Waals surface area contributed by atoms with Gasteiger partial charge in [-0.1, -0.05) is 34.1 Å². The molecular weight excluding hydrogens is 424 g/mol. The lowest BCUT2D eigenvalue weighted by molar-refractivity contribution is -0.141. The van der Waals surface area contributed by atoms with Gasteiger partial charge in [-0.05, 0) is 48.0 Å². The van der Waals surface area contributed by atoms with Crippen LogP contribution >= 0.6 is 15.9 Å². The van der Waals surface area contributed by atoms with Gasteiger partial charge in [0.1, 0.15) is 6.04 Å². The van der Waals surface area contributed by atoms with E-state index in [9.17, 15) is 14.4 Å². The molecule has 0 radical (unpaired) electrons. The molecule has 1 atom stereocenters. The molecule has 2 N–H and O–H groups in total. The van der Waals surface area contributed by atoms with E-state index >= 15 is 0 Å². The highest BCUT2D eigenvalue weighted by molar-refractivity contribution is 9.10. The Labute approximate surface area is 171 Å². The van der Waals surface area contributed by atoms with E-state index in [0.29, 0.717) is 24.3 Å². The van der Waals surface area contributed by atoms with Crippen LogP contribution in [0.15, 0.2) is 59.1 Å². The number of anilines is 1. The molecule has 0 saturated carbocycles. The second-order valence-electron chi connectivity index (χ2n) is 6.26. The van der Waals surface area contributed by atoms with E-state index in [4.69, 9.17) is 4.74 Å². The number of benzene rings is 2. The molecule has 1 amide bonds. The minimum Gasteiger partial charge on any atom is -0.464 e. The topological polar surface area (TPSA) is 84.5 Å². The monoisotopic (exact) mass is 442 g/mol. The van der Waals surface area contributed by atoms with Crippen LogP contribution in [0.2, 0.25) is 0 Å². The third kappa shape index (κ3) is 5.53. The second kappa shape index (κ2) is 9.32. The van der Waals surface area contributed by atoms with Gasteiger partial charge in [0.15, 0.2) is 5.78 Å². The lowest BCUT2D eigenvalue weighted by atomic mass is 10.1. The molecule has 0 aromatic heterocycles. The number of allylic oxidation sites excluding steroid dienone is 1. The largest absolute Gasteiger partial charge is 0.464 e. The summed E-state index contributed by atoms with van der Waals surface area (Å²) in [5.74, 6) is -0.791. The van der Waals surface area contributed by atoms with Crippen LogP contribution < -0.4 is 10.6 Å². The van der Waals surface area contributed by atoms with Gasteiger partial charge >= 0.3 is 5.97 Å². The summed E-state index contributed by atoms with van der Waals surface area (Å²) in [6.45, 7) is 0.365. The van der Waals surface area contributed by atoms with Gasteiger partial charge in [0.25, 0.3) is 0 Å². The number of hydrogen-bond acceptors (Lipinski definition) is 5. The fourth-order valence-corrected chi connectivity index (χ4v) is 2.91. The lowest BCUT2D eigenvalue weighted by Crippen LogP contribution is -2.40. The normalized spacial score (nSPS) is 16.0. The summed E-state index contributed by atoms with van der Waals surface area (Å²) in [4.78, 5) is 35.5. The number of ketones is 1. The van der Waals surface area contributed by atoms with Crippen molar-refractivity contribution in [3.05, 3.63) is 70.2 Å². The number of carbonyl (C=O) groups excluding carboxylic acids is 3. The van der Waals surface area contributed by atoms with Crippen LogP contribution in [0, 0.1) is 0 Å². The molecule has 0 aliphatic carbocycles. The Kier molecular flexibility index (Phi) is 6.60. The van der Waals surface area contributed by atoms with Crippen molar-refractivity contribution < 1.29 is 19.1 Å². The van der Waals surface area contributed by atoms with Crippen molar-refractivity contribution in [1.29, 1.82) is 0 Å². The van der Waals surface area contributed by atoms with Crippen LogP contribution in [-0.2, 0) is 14.3 Å². The highest BCUT2D eigenvalue weighted by atomic mass is 79.9. The van der Waals surface area contributed by atoms with Gasteiger partial charge in [-0.2, -0.15) is 0 Å². The number of ether oxygens (including phenoxy) is 1. The Morgan fingerprint density at radius 1 is 1.11 bits per heavy atom. The predicted molar refractivity (Wildman–Crippen MR) is 110 cm³/mol. The molecule has 0 unspecified atom stereocenters. The first-order chi connectivity index (χ1) is 13.5. The number of rotatable bonds is 7. The van der Waals surface area contributed by atoms with Gasteiger partial charge in [0.2, 0.25) is 5.91 Å². The summed E-state index contributed by atoms with van der Waals surface area (Å²) in [6, 6.07) is 14.0. The molecule has 1 fully saturated rings. The molecule has 1 aliphatic rings. The summed E-state index contributed by atoms with van der Waals surface area (Å²) in [6.07, 6.45) is 3.79. The first-order valence-corrected chi connectivity index (χ1v) is 9.58. The van der Waals surface area contributed by atoms with E-state index in [-0.39, 0.29) is 18.2 Å². The minimum absolute atomic E-state index is 0.0283. The van der Waals surface area contributed by atoms with Crippen molar-refractivity contribution in [3.8, 4) is 0 Å². The molecule has 28 heavy (non-hydrogen) atoms. The van der Waals surface area contributed by atoms with Crippen LogP contribution in [-0.4, -0.2) is 36.9 Å². The van der Waals surface area contributed by atoms with E-state index in [0.717, 1.165) is 10.0 Å². The summed E-state index contributed by atoms with van der Waals surface area (Å²) in [7, 11) is 0. The molecular formula is C21H19BrN2O4. The third-order valence-corrected chi connectivity index (χ3v) is 4.72. The Bertz CT molecular complexity index is 892. The van der Waals surface area contributed by atoms with Crippen LogP contribution in [0.4, 0.5) is 5.69 Å². The van der Waals surface area contributed by atoms with Gasteiger partial charge < -0.3 is 15.4 Å². The molecule has 144 valence electrons. The number of halogens is 1. The first-order valence-electron chi connectivity index (χ1n) is 8.79. The van der Waals surface area contributed by atoms with E-state index in [2.05, 4.69) is 26.6 Å². The third-order valence-electron chi connectivity index (χ3n) is 4.19. The number of cyclic esters (lactones) is 1. The van der Waals surface area contributed by atoms with Gasteiger partial charge in [-0.15, -0.1) is 0 Å². The maximum absolute atomic E-state index is 12.3. The number of carbonyl (C=O) groups is 3. The van der Waals surface area contributed by atoms with Crippen LogP contribution in [0.3, 0.4) is 0 Å². The quantitative estimate of drug-likeness (QED) is 0.390. The lowest BCUT2D eigenvalue weighted by Gasteiger charge is -2.10.